The zero-order valence-electron chi connectivity index (χ0n) is 10.0. The minimum absolute atomic E-state index is 0.768. The van der Waals surface area contributed by atoms with E-state index in [0.29, 0.717) is 0 Å². The SMILES string of the molecule is Cc1ccc(O[B]Oc2ccccc2C)cc1. The fourth-order valence-corrected chi connectivity index (χ4v) is 1.44. The molecule has 0 aromatic heterocycles. The third-order valence-corrected chi connectivity index (χ3v) is 2.47. The molecule has 0 aliphatic carbocycles. The van der Waals surface area contributed by atoms with Gasteiger partial charge in [0.2, 0.25) is 0 Å². The highest BCUT2D eigenvalue weighted by atomic mass is 16.6. The van der Waals surface area contributed by atoms with E-state index in [1.807, 2.05) is 62.4 Å². The Hall–Kier alpha value is -1.90. The van der Waals surface area contributed by atoms with Gasteiger partial charge in [-0.15, -0.1) is 0 Å². The van der Waals surface area contributed by atoms with E-state index >= 15 is 0 Å². The fourth-order valence-electron chi connectivity index (χ4n) is 1.44. The van der Waals surface area contributed by atoms with Crippen molar-refractivity contribution >= 4 is 7.69 Å². The van der Waals surface area contributed by atoms with E-state index in [0.717, 1.165) is 17.1 Å². The van der Waals surface area contributed by atoms with Crippen LogP contribution in [0, 0.1) is 13.8 Å². The van der Waals surface area contributed by atoms with Crippen molar-refractivity contribution in [3.8, 4) is 11.5 Å². The molecule has 3 heteroatoms. The van der Waals surface area contributed by atoms with E-state index < -0.39 is 0 Å². The molecule has 2 aromatic carbocycles. The van der Waals surface area contributed by atoms with Gasteiger partial charge in [-0.3, -0.25) is 0 Å². The van der Waals surface area contributed by atoms with Gasteiger partial charge in [0.05, 0.1) is 0 Å². The molecule has 0 amide bonds. The van der Waals surface area contributed by atoms with E-state index in [4.69, 9.17) is 9.31 Å². The molecule has 0 unspecified atom stereocenters. The quantitative estimate of drug-likeness (QED) is 0.743. The molecular formula is C14H14BO2. The van der Waals surface area contributed by atoms with E-state index in [-0.39, 0.29) is 0 Å². The number of aryl methyl sites for hydroxylation is 2. The van der Waals surface area contributed by atoms with Crippen molar-refractivity contribution in [2.75, 3.05) is 0 Å². The van der Waals surface area contributed by atoms with Gasteiger partial charge in [-0.05, 0) is 37.6 Å². The predicted molar refractivity (Wildman–Crippen MR) is 69.4 cm³/mol. The lowest BCUT2D eigenvalue weighted by molar-refractivity contribution is 0.457. The molecule has 0 spiro atoms. The van der Waals surface area contributed by atoms with Crippen molar-refractivity contribution in [3.05, 3.63) is 59.7 Å². The van der Waals surface area contributed by atoms with Crippen molar-refractivity contribution in [1.82, 2.24) is 0 Å². The molecule has 0 fully saturated rings. The van der Waals surface area contributed by atoms with Gasteiger partial charge < -0.3 is 9.31 Å². The van der Waals surface area contributed by atoms with Gasteiger partial charge in [0.15, 0.2) is 0 Å². The molecule has 17 heavy (non-hydrogen) atoms. The first kappa shape index (κ1) is 11.6. The van der Waals surface area contributed by atoms with Gasteiger partial charge in [0.1, 0.15) is 11.5 Å². The molecule has 1 radical (unpaired) electrons. The lowest BCUT2D eigenvalue weighted by atomic mass is 10.2. The smallest absolute Gasteiger partial charge is 0.526 e. The molecule has 0 N–H and O–H groups in total. The van der Waals surface area contributed by atoms with Crippen LogP contribution >= 0.6 is 0 Å². The van der Waals surface area contributed by atoms with Crippen molar-refractivity contribution in [2.45, 2.75) is 13.8 Å². The van der Waals surface area contributed by atoms with Gasteiger partial charge in [-0.1, -0.05) is 35.9 Å². The Morgan fingerprint density at radius 2 is 1.53 bits per heavy atom. The Kier molecular flexibility index (Phi) is 3.71. The maximum atomic E-state index is 5.42. The van der Waals surface area contributed by atoms with Crippen molar-refractivity contribution in [2.24, 2.45) is 0 Å². The van der Waals surface area contributed by atoms with Crippen LogP contribution in [0.1, 0.15) is 11.1 Å². The van der Waals surface area contributed by atoms with Crippen LogP contribution in [0.2, 0.25) is 0 Å². The summed E-state index contributed by atoms with van der Waals surface area (Å²) in [5, 5.41) is 0. The van der Waals surface area contributed by atoms with Crippen molar-refractivity contribution in [3.63, 3.8) is 0 Å². The second kappa shape index (κ2) is 5.44. The molecule has 2 nitrogen and oxygen atoms in total. The van der Waals surface area contributed by atoms with E-state index in [9.17, 15) is 0 Å². The Morgan fingerprint density at radius 1 is 0.824 bits per heavy atom. The second-order valence-electron chi connectivity index (χ2n) is 3.91. The largest absolute Gasteiger partial charge is 0.658 e. The average molecular weight is 225 g/mol. The Labute approximate surface area is 103 Å². The normalized spacial score (nSPS) is 9.76. The minimum atomic E-state index is 0.768. The zero-order valence-corrected chi connectivity index (χ0v) is 10.0. The van der Waals surface area contributed by atoms with Crippen molar-refractivity contribution in [1.29, 1.82) is 0 Å². The van der Waals surface area contributed by atoms with Crippen LogP contribution in [0.15, 0.2) is 48.5 Å². The predicted octanol–water partition coefficient (Wildman–Crippen LogP) is 3.30. The molecule has 2 aromatic rings. The third-order valence-electron chi connectivity index (χ3n) is 2.47. The number of para-hydroxylation sites is 1. The first-order valence-corrected chi connectivity index (χ1v) is 5.53. The van der Waals surface area contributed by atoms with Gasteiger partial charge in [-0.25, -0.2) is 0 Å². The monoisotopic (exact) mass is 225 g/mol. The summed E-state index contributed by atoms with van der Waals surface area (Å²) in [6.45, 7) is 4.03. The first-order valence-electron chi connectivity index (χ1n) is 5.53. The molecule has 0 bridgehead atoms. The highest BCUT2D eigenvalue weighted by Crippen LogP contribution is 2.16. The van der Waals surface area contributed by atoms with Gasteiger partial charge in [0, 0.05) is 0 Å². The summed E-state index contributed by atoms with van der Waals surface area (Å²) in [6.07, 6.45) is 0. The number of hydrogen-bond donors (Lipinski definition) is 0. The summed E-state index contributed by atoms with van der Waals surface area (Å²) >= 11 is 0. The number of benzene rings is 2. The van der Waals surface area contributed by atoms with Crippen LogP contribution < -0.4 is 9.31 Å². The summed E-state index contributed by atoms with van der Waals surface area (Å²) in [5.74, 6) is 1.57. The van der Waals surface area contributed by atoms with Crippen LogP contribution in [0.25, 0.3) is 0 Å². The first-order chi connectivity index (χ1) is 8.25. The molecule has 85 valence electrons. The summed E-state index contributed by atoms with van der Waals surface area (Å²) in [4.78, 5) is 0. The van der Waals surface area contributed by atoms with Gasteiger partial charge in [0.25, 0.3) is 0 Å². The topological polar surface area (TPSA) is 18.5 Å². The molecule has 0 heterocycles. The molecule has 0 aliphatic rings. The van der Waals surface area contributed by atoms with Crippen LogP contribution in [0.4, 0.5) is 0 Å². The molecule has 2 rings (SSSR count). The van der Waals surface area contributed by atoms with Gasteiger partial charge >= 0.3 is 7.69 Å². The highest BCUT2D eigenvalue weighted by molar-refractivity contribution is 6.20. The van der Waals surface area contributed by atoms with Crippen LogP contribution in [0.5, 0.6) is 11.5 Å². The van der Waals surface area contributed by atoms with E-state index in [1.54, 1.807) is 0 Å². The summed E-state index contributed by atoms with van der Waals surface area (Å²) in [7, 11) is 1.35. The standard InChI is InChI=1S/C14H14BO2/c1-11-7-9-13(10-8-11)16-15-17-14-6-4-3-5-12(14)2/h3-10H,1-2H3. The number of rotatable bonds is 4. The number of hydrogen-bond acceptors (Lipinski definition) is 2. The Balaban J connectivity index is 1.88. The maximum Gasteiger partial charge on any atom is 0.658 e. The molecular weight excluding hydrogens is 211 g/mol. The maximum absolute atomic E-state index is 5.42. The second-order valence-corrected chi connectivity index (χ2v) is 3.91. The lowest BCUT2D eigenvalue weighted by Gasteiger charge is -2.08. The van der Waals surface area contributed by atoms with Gasteiger partial charge in [-0.2, -0.15) is 0 Å². The van der Waals surface area contributed by atoms with E-state index in [1.165, 1.54) is 13.2 Å². The summed E-state index contributed by atoms with van der Waals surface area (Å²) in [5.41, 5.74) is 2.29. The summed E-state index contributed by atoms with van der Waals surface area (Å²) in [6, 6.07) is 15.6. The van der Waals surface area contributed by atoms with Crippen LogP contribution in [0.3, 0.4) is 0 Å². The fraction of sp³-hybridized carbons (Fsp3) is 0.143. The zero-order chi connectivity index (χ0) is 12.1. The highest BCUT2D eigenvalue weighted by Gasteiger charge is 2.03. The summed E-state index contributed by atoms with van der Waals surface area (Å²) < 4.78 is 10.8. The third kappa shape index (κ3) is 3.28. The average Bonchev–Trinajstić information content (AvgIpc) is 2.34. The molecule has 0 saturated heterocycles. The van der Waals surface area contributed by atoms with Crippen molar-refractivity contribution < 1.29 is 9.31 Å². The van der Waals surface area contributed by atoms with E-state index in [2.05, 4.69) is 0 Å². The van der Waals surface area contributed by atoms with Crippen LogP contribution in [-0.4, -0.2) is 7.69 Å². The molecule has 0 aliphatic heterocycles. The lowest BCUT2D eigenvalue weighted by Crippen LogP contribution is -2.11. The molecule has 0 saturated carbocycles. The minimum Gasteiger partial charge on any atom is -0.526 e. The Bertz CT molecular complexity index is 480. The van der Waals surface area contributed by atoms with Crippen LogP contribution in [-0.2, 0) is 0 Å². The molecule has 0 atom stereocenters. The Morgan fingerprint density at radius 3 is 2.24 bits per heavy atom.